The van der Waals surface area contributed by atoms with Crippen molar-refractivity contribution in [3.8, 4) is 23.4 Å². The second-order valence-electron chi connectivity index (χ2n) is 6.49. The number of carbonyl (C=O) groups excluding carboxylic acids is 2. The highest BCUT2D eigenvalue weighted by molar-refractivity contribution is 6.47. The van der Waals surface area contributed by atoms with E-state index in [0.717, 1.165) is 4.68 Å². The minimum atomic E-state index is -1.06. The Morgan fingerprint density at radius 1 is 1.14 bits per heavy atom. The van der Waals surface area contributed by atoms with Gasteiger partial charge in [0.2, 0.25) is 11.6 Å². The molecule has 0 aliphatic heterocycles. The van der Waals surface area contributed by atoms with Crippen LogP contribution in [0.25, 0.3) is 5.69 Å². The van der Waals surface area contributed by atoms with E-state index >= 15 is 0 Å². The van der Waals surface area contributed by atoms with E-state index in [4.69, 9.17) is 33.2 Å². The van der Waals surface area contributed by atoms with Gasteiger partial charge in [-0.15, -0.1) is 5.10 Å². The molecule has 0 saturated heterocycles. The fourth-order valence-corrected chi connectivity index (χ4v) is 3.16. The first-order valence-electron chi connectivity index (χ1n) is 9.87. The highest BCUT2D eigenvalue weighted by Crippen LogP contribution is 2.38. The summed E-state index contributed by atoms with van der Waals surface area (Å²) in [6, 6.07) is 15.7. The molecule has 1 aromatic heterocycles. The van der Waals surface area contributed by atoms with Crippen LogP contribution in [0.2, 0.25) is 10.0 Å². The van der Waals surface area contributed by atoms with Gasteiger partial charge < -0.3 is 9.47 Å². The molecular formula is C22H16Cl2N6O5. The summed E-state index contributed by atoms with van der Waals surface area (Å²) in [7, 11) is 0. The van der Waals surface area contributed by atoms with Crippen LogP contribution in [0, 0.1) is 11.3 Å². The number of amides is 2. The monoisotopic (exact) mass is 514 g/mol. The lowest BCUT2D eigenvalue weighted by molar-refractivity contribution is -0.114. The molecule has 2 N–H and O–H groups in total. The van der Waals surface area contributed by atoms with Crippen LogP contribution < -0.4 is 21.0 Å². The van der Waals surface area contributed by atoms with E-state index < -0.39 is 17.7 Å². The van der Waals surface area contributed by atoms with Crippen LogP contribution in [0.1, 0.15) is 6.92 Å². The molecule has 178 valence electrons. The third-order valence-corrected chi connectivity index (χ3v) is 4.65. The molecule has 3 aromatic rings. The number of rotatable bonds is 7. The predicted octanol–water partition coefficient (Wildman–Crippen LogP) is 3.90. The smallest absolute Gasteiger partial charge is 0.414 e. The third-order valence-electron chi connectivity index (χ3n) is 4.09. The number of hydrazone groups is 1. The average molecular weight is 515 g/mol. The maximum Gasteiger partial charge on any atom is 0.414 e. The molecule has 0 aliphatic carbocycles. The molecule has 35 heavy (non-hydrogen) atoms. The Balaban J connectivity index is 1.79. The largest absolute Gasteiger partial charge is 0.450 e. The van der Waals surface area contributed by atoms with Crippen molar-refractivity contribution in [2.45, 2.75) is 6.92 Å². The lowest BCUT2D eigenvalue weighted by Crippen LogP contribution is -2.36. The SMILES string of the molecule is CCOC(=O)NC(=O)C(C#N)=NNc1cc(Cl)c(Oc2ccc(=O)n(-c3ccccc3)n2)c(Cl)c1. The maximum absolute atomic E-state index is 12.2. The van der Waals surface area contributed by atoms with Crippen LogP contribution in [0.3, 0.4) is 0 Å². The van der Waals surface area contributed by atoms with E-state index in [1.165, 1.54) is 24.3 Å². The van der Waals surface area contributed by atoms with Gasteiger partial charge in [0.05, 0.1) is 28.0 Å². The lowest BCUT2D eigenvalue weighted by atomic mass is 10.3. The molecule has 0 atom stereocenters. The summed E-state index contributed by atoms with van der Waals surface area (Å²) in [6.07, 6.45) is -1.01. The molecule has 3 rings (SSSR count). The molecule has 1 heterocycles. The zero-order valence-electron chi connectivity index (χ0n) is 18.0. The summed E-state index contributed by atoms with van der Waals surface area (Å²) < 4.78 is 11.4. The van der Waals surface area contributed by atoms with Gasteiger partial charge in [0.1, 0.15) is 6.07 Å². The van der Waals surface area contributed by atoms with E-state index in [0.29, 0.717) is 5.69 Å². The lowest BCUT2D eigenvalue weighted by Gasteiger charge is -2.12. The standard InChI is InChI=1S/C22H16Cl2N6O5/c1-2-34-22(33)26-21(32)17(12-25)28-27-13-10-15(23)20(16(24)11-13)35-18-8-9-19(31)30(29-18)14-6-4-3-5-7-14/h3-11,27H,2H2,1H3,(H,26,32,33). The molecule has 0 aliphatic rings. The molecule has 0 fully saturated rings. The maximum atomic E-state index is 12.2. The summed E-state index contributed by atoms with van der Waals surface area (Å²) in [6.45, 7) is 1.60. The van der Waals surface area contributed by atoms with Gasteiger partial charge in [-0.2, -0.15) is 15.0 Å². The Kier molecular flexibility index (Phi) is 8.39. The van der Waals surface area contributed by atoms with Crippen molar-refractivity contribution in [1.29, 1.82) is 5.26 Å². The Hall–Kier alpha value is -4.40. The first-order chi connectivity index (χ1) is 16.8. The van der Waals surface area contributed by atoms with E-state index in [-0.39, 0.29) is 39.5 Å². The number of nitriles is 1. The number of ether oxygens (including phenoxy) is 2. The minimum Gasteiger partial charge on any atom is -0.450 e. The number of imide groups is 1. The van der Waals surface area contributed by atoms with Gasteiger partial charge in [-0.05, 0) is 31.2 Å². The molecule has 0 saturated carbocycles. The molecule has 11 nitrogen and oxygen atoms in total. The highest BCUT2D eigenvalue weighted by atomic mass is 35.5. The van der Waals surface area contributed by atoms with Crippen molar-refractivity contribution in [3.05, 3.63) is 75.0 Å². The first-order valence-corrected chi connectivity index (χ1v) is 10.6. The number of aromatic nitrogens is 2. The molecule has 0 unspecified atom stereocenters. The Morgan fingerprint density at radius 2 is 1.83 bits per heavy atom. The molecule has 2 aromatic carbocycles. The number of anilines is 1. The van der Waals surface area contributed by atoms with Gasteiger partial charge in [-0.25, -0.2) is 4.79 Å². The molecule has 0 radical (unpaired) electrons. The van der Waals surface area contributed by atoms with Crippen LogP contribution >= 0.6 is 23.2 Å². The number of halogens is 2. The van der Waals surface area contributed by atoms with Crippen molar-refractivity contribution in [1.82, 2.24) is 15.1 Å². The first kappa shape index (κ1) is 25.2. The number of carbonyl (C=O) groups is 2. The number of para-hydroxylation sites is 1. The molecular weight excluding hydrogens is 499 g/mol. The Bertz CT molecular complexity index is 1360. The summed E-state index contributed by atoms with van der Waals surface area (Å²) in [5.41, 5.74) is 2.21. The molecule has 0 bridgehead atoms. The van der Waals surface area contributed by atoms with Crippen molar-refractivity contribution >= 4 is 46.6 Å². The van der Waals surface area contributed by atoms with Crippen molar-refractivity contribution in [3.63, 3.8) is 0 Å². The normalized spacial score (nSPS) is 10.7. The van der Waals surface area contributed by atoms with E-state index in [9.17, 15) is 14.4 Å². The second-order valence-corrected chi connectivity index (χ2v) is 7.30. The zero-order chi connectivity index (χ0) is 25.4. The van der Waals surface area contributed by atoms with Crippen LogP contribution in [0.15, 0.2) is 64.5 Å². The van der Waals surface area contributed by atoms with Crippen LogP contribution in [-0.2, 0) is 9.53 Å². The fourth-order valence-electron chi connectivity index (χ4n) is 2.60. The van der Waals surface area contributed by atoms with E-state index in [1.807, 2.05) is 5.32 Å². The van der Waals surface area contributed by atoms with E-state index in [2.05, 4.69) is 20.4 Å². The molecule has 0 spiro atoms. The van der Waals surface area contributed by atoms with Crippen molar-refractivity contribution in [2.75, 3.05) is 12.0 Å². The second kappa shape index (κ2) is 11.6. The van der Waals surface area contributed by atoms with Gasteiger partial charge in [-0.3, -0.25) is 20.3 Å². The van der Waals surface area contributed by atoms with Gasteiger partial charge in [0.25, 0.3) is 11.5 Å². The van der Waals surface area contributed by atoms with Crippen LogP contribution in [0.4, 0.5) is 10.5 Å². The van der Waals surface area contributed by atoms with E-state index in [1.54, 1.807) is 43.3 Å². The highest BCUT2D eigenvalue weighted by Gasteiger charge is 2.17. The summed E-state index contributed by atoms with van der Waals surface area (Å²) in [4.78, 5) is 35.4. The van der Waals surface area contributed by atoms with Gasteiger partial charge >= 0.3 is 6.09 Å². The van der Waals surface area contributed by atoms with Gasteiger partial charge in [0, 0.05) is 12.1 Å². The number of nitrogens with zero attached hydrogens (tertiary/aromatic N) is 4. The summed E-state index contributed by atoms with van der Waals surface area (Å²) in [5, 5.41) is 18.9. The third kappa shape index (κ3) is 6.57. The molecule has 2 amide bonds. The predicted molar refractivity (Wildman–Crippen MR) is 128 cm³/mol. The number of nitrogens with one attached hydrogen (secondary N) is 2. The topological polar surface area (TPSA) is 148 Å². The molecule has 13 heteroatoms. The van der Waals surface area contributed by atoms with Gasteiger partial charge in [0.15, 0.2) is 5.75 Å². The fraction of sp³-hybridized carbons (Fsp3) is 0.0909. The summed E-state index contributed by atoms with van der Waals surface area (Å²) >= 11 is 12.6. The zero-order valence-corrected chi connectivity index (χ0v) is 19.5. The minimum absolute atomic E-state index is 0.0453. The number of alkyl carbamates (subject to hydrolysis) is 1. The Labute approximate surface area is 208 Å². The Morgan fingerprint density at radius 3 is 2.46 bits per heavy atom. The van der Waals surface area contributed by atoms with Crippen molar-refractivity contribution < 1.29 is 19.1 Å². The number of benzene rings is 2. The van der Waals surface area contributed by atoms with Crippen LogP contribution in [-0.4, -0.2) is 34.1 Å². The number of hydrogen-bond donors (Lipinski definition) is 2. The van der Waals surface area contributed by atoms with Crippen molar-refractivity contribution in [2.24, 2.45) is 5.10 Å². The van der Waals surface area contributed by atoms with Crippen LogP contribution in [0.5, 0.6) is 11.6 Å². The average Bonchev–Trinajstić information content (AvgIpc) is 2.83. The summed E-state index contributed by atoms with van der Waals surface area (Å²) in [5.74, 6) is -0.956. The van der Waals surface area contributed by atoms with Gasteiger partial charge in [-0.1, -0.05) is 41.4 Å². The number of hydrogen-bond acceptors (Lipinski definition) is 9. The quantitative estimate of drug-likeness (QED) is 0.356.